The summed E-state index contributed by atoms with van der Waals surface area (Å²) in [6, 6.07) is 19.2. The van der Waals surface area contributed by atoms with Gasteiger partial charge in [-0.3, -0.25) is 0 Å². The molecule has 2 N–H and O–H groups in total. The van der Waals surface area contributed by atoms with Gasteiger partial charge < -0.3 is 40.9 Å². The molecule has 0 radical (unpaired) electrons. The first-order valence-electron chi connectivity index (χ1n) is 21.2. The van der Waals surface area contributed by atoms with Gasteiger partial charge in [-0.2, -0.15) is 0 Å². The third-order valence-corrected chi connectivity index (χ3v) is 28.2. The first-order chi connectivity index (χ1) is 28.1. The van der Waals surface area contributed by atoms with Crippen molar-refractivity contribution in [3.8, 4) is 62.9 Å². The van der Waals surface area contributed by atoms with E-state index in [2.05, 4.69) is 99.0 Å². The Balaban J connectivity index is 1.58. The van der Waals surface area contributed by atoms with Crippen LogP contribution in [0, 0.1) is 11.8 Å². The number of hydrogen-bond acceptors (Lipinski definition) is 12. The molecule has 0 amide bonds. The molecule has 1 aromatic heterocycles. The number of nitrogens with zero attached hydrogens (tertiary/aromatic N) is 3. The Bertz CT molecular complexity index is 2040. The number of ether oxygens (including phenoxy) is 3. The predicted molar refractivity (Wildman–Crippen MR) is 261 cm³/mol. The minimum Gasteiger partial charge on any atom is -0.507 e. The van der Waals surface area contributed by atoms with Gasteiger partial charge in [0.25, 0.3) is 0 Å². The molecule has 0 aliphatic rings. The van der Waals surface area contributed by atoms with Gasteiger partial charge in [0, 0.05) is 17.7 Å². The van der Waals surface area contributed by atoms with Crippen molar-refractivity contribution < 1.29 is 40.9 Å². The van der Waals surface area contributed by atoms with Crippen LogP contribution in [0.1, 0.15) is 13.8 Å². The van der Waals surface area contributed by atoms with Crippen LogP contribution in [0.3, 0.4) is 0 Å². The van der Waals surface area contributed by atoms with Crippen molar-refractivity contribution in [2.75, 3.05) is 20.3 Å². The molecule has 336 valence electrons. The van der Waals surface area contributed by atoms with E-state index in [1.54, 1.807) is 43.5 Å². The molecule has 4 rings (SSSR count). The van der Waals surface area contributed by atoms with Crippen molar-refractivity contribution in [3.63, 3.8) is 0 Å². The number of phenols is 2. The van der Waals surface area contributed by atoms with E-state index in [0.717, 1.165) is 12.1 Å². The molecule has 3 aromatic carbocycles. The zero-order valence-electron chi connectivity index (χ0n) is 39.4. The monoisotopic (exact) mass is 941 g/mol. The van der Waals surface area contributed by atoms with Crippen molar-refractivity contribution in [1.29, 1.82) is 0 Å². The molecule has 1 heterocycles. The summed E-state index contributed by atoms with van der Waals surface area (Å²) < 4.78 is 44.4. The van der Waals surface area contributed by atoms with E-state index in [4.69, 9.17) is 45.6 Å². The summed E-state index contributed by atoms with van der Waals surface area (Å²) in [7, 11) is -10.0. The zero-order valence-corrected chi connectivity index (χ0v) is 45.6. The van der Waals surface area contributed by atoms with Gasteiger partial charge in [-0.1, -0.05) is 13.8 Å². The molecule has 4 aromatic rings. The van der Waals surface area contributed by atoms with Gasteiger partial charge >= 0.3 is 17.1 Å². The molecule has 0 aliphatic heterocycles. The van der Waals surface area contributed by atoms with Crippen LogP contribution in [0.4, 0.5) is 0 Å². The number of methoxy groups -OCH3 is 1. The highest BCUT2D eigenvalue weighted by molar-refractivity contribution is 6.87. The van der Waals surface area contributed by atoms with Gasteiger partial charge in [0.15, 0.2) is 51.5 Å². The summed E-state index contributed by atoms with van der Waals surface area (Å²) in [6.07, 6.45) is 0. The van der Waals surface area contributed by atoms with Crippen LogP contribution in [0.15, 0.2) is 60.7 Å². The van der Waals surface area contributed by atoms with Crippen LogP contribution in [0.25, 0.3) is 34.2 Å². The Kier molecular flexibility index (Phi) is 17.0. The topological polar surface area (TPSA) is 144 Å². The van der Waals surface area contributed by atoms with E-state index >= 15 is 0 Å². The van der Waals surface area contributed by atoms with Crippen molar-refractivity contribution in [1.82, 2.24) is 15.0 Å². The van der Waals surface area contributed by atoms with E-state index in [9.17, 15) is 10.2 Å². The van der Waals surface area contributed by atoms with Crippen LogP contribution in [-0.4, -0.2) is 96.6 Å². The molecule has 0 fully saturated rings. The Morgan fingerprint density at radius 3 is 1.30 bits per heavy atom. The van der Waals surface area contributed by atoms with Gasteiger partial charge in [0.05, 0.1) is 31.5 Å². The molecule has 0 saturated carbocycles. The van der Waals surface area contributed by atoms with Gasteiger partial charge in [-0.05, 0) is 158 Å². The summed E-state index contributed by atoms with van der Waals surface area (Å²) in [4.78, 5) is 14.3. The fraction of sp³-hybridized carbons (Fsp3) is 0.512. The minimum absolute atomic E-state index is 0.0508. The minimum atomic E-state index is -2.46. The smallest absolute Gasteiger partial charge is 0.314 e. The Hall–Kier alpha value is -3.19. The largest absolute Gasteiger partial charge is 0.507 e. The maximum absolute atomic E-state index is 11.4. The van der Waals surface area contributed by atoms with Crippen molar-refractivity contribution in [3.05, 3.63) is 60.7 Å². The van der Waals surface area contributed by atoms with Crippen LogP contribution < -0.4 is 14.2 Å². The zero-order chi connectivity index (χ0) is 45.6. The number of benzene rings is 3. The van der Waals surface area contributed by atoms with Crippen LogP contribution in [0.5, 0.6) is 28.7 Å². The lowest BCUT2D eigenvalue weighted by atomic mass is 10.1. The molecule has 3 atom stereocenters. The second-order valence-electron chi connectivity index (χ2n) is 19.7. The Labute approximate surface area is 372 Å². The van der Waals surface area contributed by atoms with Crippen LogP contribution in [-0.2, 0) is 16.5 Å². The second-order valence-corrected chi connectivity index (χ2v) is 43.2. The highest BCUT2D eigenvalue weighted by Crippen LogP contribution is 2.37. The lowest BCUT2D eigenvalue weighted by molar-refractivity contribution is 0.258. The van der Waals surface area contributed by atoms with E-state index in [0.29, 0.717) is 53.0 Å². The average Bonchev–Trinajstić information content (AvgIpc) is 3.10. The molecular formula is C43H71N3O9Si6. The molecular weight excluding hydrogens is 871 g/mol. The first kappa shape index (κ1) is 50.5. The van der Waals surface area contributed by atoms with E-state index in [-0.39, 0.29) is 35.0 Å². The lowest BCUT2D eigenvalue weighted by Gasteiger charge is -2.39. The molecule has 0 spiro atoms. The summed E-state index contributed by atoms with van der Waals surface area (Å²) >= 11 is 0. The van der Waals surface area contributed by atoms with E-state index in [1.807, 2.05) is 24.3 Å². The van der Waals surface area contributed by atoms with E-state index in [1.165, 1.54) is 0 Å². The normalized spacial score (nSPS) is 14.7. The molecule has 61 heavy (non-hydrogen) atoms. The SMILES string of the molecule is COc1ccc(-c2nc(-c3ccc(OCC(C)C[Si](C)(O[SiH](C)C)O[Si](C)(C)C)cc3O)nc(-c3ccc(OCC(C)C[Si](C)(O[Si](C)(C)C)O[Si](C)(C)C)cc3O)n2)cc1. The summed E-state index contributed by atoms with van der Waals surface area (Å²) in [6.45, 7) is 33.7. The second kappa shape index (κ2) is 20.5. The molecule has 3 unspecified atom stereocenters. The molecule has 0 saturated heterocycles. The fourth-order valence-electron chi connectivity index (χ4n) is 7.59. The fourth-order valence-corrected chi connectivity index (χ4v) is 32.4. The third kappa shape index (κ3) is 16.5. The summed E-state index contributed by atoms with van der Waals surface area (Å²) in [5.74, 6) is 2.78. The maximum atomic E-state index is 11.4. The van der Waals surface area contributed by atoms with E-state index < -0.39 is 51.1 Å². The Morgan fingerprint density at radius 2 is 0.918 bits per heavy atom. The number of rotatable bonds is 22. The number of hydrogen-bond donors (Lipinski definition) is 2. The standard InChI is InChI=1S/C43H71N3O9Si6/c1-31(29-60(15,52-56(4)5)53-57(6,7)8)27-50-35-21-23-37(39(47)25-35)42-44-41(33-17-19-34(49-3)20-18-33)45-43(46-42)38-24-22-36(26-40(38)48)51-28-32(2)30-61(16,54-58(9,10)11)55-59(12,13)14/h17-26,31-32,47-48,56H,27-30H2,1-16H3. The molecule has 18 heteroatoms. The molecule has 0 bridgehead atoms. The third-order valence-electron chi connectivity index (χ3n) is 8.96. The van der Waals surface area contributed by atoms with Crippen LogP contribution >= 0.6 is 0 Å². The number of aromatic hydroxyl groups is 2. The van der Waals surface area contributed by atoms with Crippen molar-refractivity contribution in [2.45, 2.75) is 111 Å². The quantitative estimate of drug-likeness (QED) is 0.0724. The van der Waals surface area contributed by atoms with Gasteiger partial charge in [-0.25, -0.2) is 15.0 Å². The van der Waals surface area contributed by atoms with Gasteiger partial charge in [0.1, 0.15) is 28.7 Å². The van der Waals surface area contributed by atoms with Gasteiger partial charge in [0.2, 0.25) is 0 Å². The Morgan fingerprint density at radius 1 is 0.541 bits per heavy atom. The van der Waals surface area contributed by atoms with Crippen LogP contribution in [0.2, 0.25) is 97.2 Å². The summed E-state index contributed by atoms with van der Waals surface area (Å²) in [5.41, 5.74) is 1.48. The molecule has 0 aliphatic carbocycles. The number of aromatic nitrogens is 3. The predicted octanol–water partition coefficient (Wildman–Crippen LogP) is 11.0. The van der Waals surface area contributed by atoms with Crippen molar-refractivity contribution in [2.24, 2.45) is 11.8 Å². The summed E-state index contributed by atoms with van der Waals surface area (Å²) in [5, 5.41) is 22.8. The van der Waals surface area contributed by atoms with Crippen molar-refractivity contribution >= 4 is 51.1 Å². The van der Waals surface area contributed by atoms with Gasteiger partial charge in [-0.15, -0.1) is 0 Å². The lowest BCUT2D eigenvalue weighted by Crippen LogP contribution is -2.53. The maximum Gasteiger partial charge on any atom is 0.314 e. The molecule has 12 nitrogen and oxygen atoms in total. The highest BCUT2D eigenvalue weighted by atomic mass is 28.5. The highest BCUT2D eigenvalue weighted by Gasteiger charge is 2.42. The first-order valence-corrected chi connectivity index (χ1v) is 39.3. The average molecular weight is 943 g/mol. The number of phenolic OH excluding ortho intramolecular Hbond substituents is 2.